The molecule has 0 rings (SSSR count). The van der Waals surface area contributed by atoms with Crippen molar-refractivity contribution in [1.82, 2.24) is 0 Å². The summed E-state index contributed by atoms with van der Waals surface area (Å²) in [5.74, 6) is 1.33. The number of hydrogen-bond donors (Lipinski definition) is 2. The zero-order valence-corrected chi connectivity index (χ0v) is 94.0. The van der Waals surface area contributed by atoms with E-state index in [0.29, 0.717) is 26.4 Å². The third-order valence-corrected chi connectivity index (χ3v) is 39.7. The molecular weight excluding hydrogens is 1840 g/mol. The number of carbonyl (C=O) groups excluding carboxylic acids is 2. The number of unbranched alkanes of at least 4 members (excludes halogenated alkanes) is 72. The second kappa shape index (κ2) is 116. The predicted molar refractivity (Wildman–Crippen MR) is 564 cm³/mol. The van der Waals surface area contributed by atoms with Gasteiger partial charge in [-0.15, -0.1) is 45.5 Å². The minimum absolute atomic E-state index is 0. The molecule has 0 saturated carbocycles. The summed E-state index contributed by atoms with van der Waals surface area (Å²) in [5, 5.41) is 0. The molecule has 0 aliphatic heterocycles. The van der Waals surface area contributed by atoms with Crippen molar-refractivity contribution in [2.75, 3.05) is 49.4 Å². The summed E-state index contributed by atoms with van der Waals surface area (Å²) >= 11 is 26.3. The van der Waals surface area contributed by atoms with Gasteiger partial charge in [0.1, 0.15) is 0 Å². The Kier molecular flexibility index (Phi) is 129. The van der Waals surface area contributed by atoms with E-state index in [-0.39, 0.29) is 21.1 Å². The van der Waals surface area contributed by atoms with E-state index in [2.05, 4.69) is 66.9 Å². The van der Waals surface area contributed by atoms with Crippen LogP contribution in [0.3, 0.4) is 0 Å². The number of amides is 2. The fourth-order valence-corrected chi connectivity index (χ4v) is 27.8. The third-order valence-electron chi connectivity index (χ3n) is 22.2. The van der Waals surface area contributed by atoms with Gasteiger partial charge in [0.15, 0.2) is 0 Å². The Bertz CT molecular complexity index is 1840. The molecule has 25 heteroatoms. The van der Waals surface area contributed by atoms with Crippen molar-refractivity contribution in [3.05, 3.63) is 0 Å². The van der Waals surface area contributed by atoms with Gasteiger partial charge in [-0.05, 0) is 74.4 Å². The van der Waals surface area contributed by atoms with Crippen LogP contribution in [0, 0.1) is 0 Å². The Morgan fingerprint density at radius 1 is 0.195 bits per heavy atom. The van der Waals surface area contributed by atoms with E-state index in [0.717, 1.165) is 74.4 Å². The van der Waals surface area contributed by atoms with Crippen LogP contribution in [0.1, 0.15) is 569 Å². The summed E-state index contributed by atoms with van der Waals surface area (Å²) in [5.41, 5.74) is -2.74. The molecule has 740 valence electrons. The Hall–Kier alpha value is 3.31. The van der Waals surface area contributed by atoms with Crippen LogP contribution in [0.5, 0.6) is 0 Å². The van der Waals surface area contributed by atoms with Crippen molar-refractivity contribution in [1.29, 1.82) is 0 Å². The number of primary amides is 2. The quantitative estimate of drug-likeness (QED) is 0.0250. The summed E-state index contributed by atoms with van der Waals surface area (Å²) in [6.45, 7) is 20.4. The summed E-state index contributed by atoms with van der Waals surface area (Å²) < 4.78 is 22.1. The first-order valence-corrected chi connectivity index (χ1v) is 69.0. The average molecular weight is 2050 g/mol. The van der Waals surface area contributed by atoms with Gasteiger partial charge >= 0.3 is 32.9 Å². The van der Waals surface area contributed by atoms with Crippen molar-refractivity contribution < 1.29 is 68.3 Å². The minimum Gasteiger partial charge on any atom is -0.793 e. The largest absolute Gasteiger partial charge is 4.00 e. The molecule has 0 aromatic carbocycles. The van der Waals surface area contributed by atoms with Crippen LogP contribution >= 0.6 is 68.3 Å². The van der Waals surface area contributed by atoms with Crippen LogP contribution in [0.25, 0.3) is 0 Å². The molecule has 0 aliphatic rings. The average Bonchev–Trinajstić information content (AvgIpc) is 0.957. The van der Waals surface area contributed by atoms with Crippen LogP contribution in [-0.4, -0.2) is 61.3 Å². The van der Waals surface area contributed by atoms with E-state index in [1.807, 2.05) is 0 Å². The van der Waals surface area contributed by atoms with Gasteiger partial charge in [-0.25, -0.2) is 0 Å². The second-order valence-corrected chi connectivity index (χ2v) is 59.3. The number of nitrogens with two attached hydrogens (primary N) is 2. The van der Waals surface area contributed by atoms with Gasteiger partial charge in [-0.2, -0.15) is 0 Å². The normalized spacial score (nSPS) is 13.2. The number of rotatable bonds is 96. The van der Waals surface area contributed by atoms with Crippen LogP contribution < -0.4 is 31.0 Å². The Morgan fingerprint density at radius 2 is 0.285 bits per heavy atom. The zero-order valence-electron chi connectivity index (χ0n) is 81.9. The summed E-state index contributed by atoms with van der Waals surface area (Å²) in [6.07, 6.45) is 105. The van der Waals surface area contributed by atoms with E-state index in [4.69, 9.17) is 65.3 Å². The maximum absolute atomic E-state index is 12.3. The van der Waals surface area contributed by atoms with Gasteiger partial charge in [-0.3, -0.25) is 9.59 Å². The van der Waals surface area contributed by atoms with Crippen molar-refractivity contribution in [3.8, 4) is 0 Å². The molecule has 2 amide bonds. The summed E-state index contributed by atoms with van der Waals surface area (Å²) in [7, 11) is 0. The molecule has 0 aromatic heterocycles. The zero-order chi connectivity index (χ0) is 91.0. The Morgan fingerprint density at radius 3 is 0.382 bits per heavy atom. The fraction of sp³-hybridized carbons (Fsp3) is 0.980. The molecule has 12 nitrogen and oxygen atoms in total. The summed E-state index contributed by atoms with van der Waals surface area (Å²) in [6, 6.07) is 0. The van der Waals surface area contributed by atoms with Crippen LogP contribution in [0.2, 0.25) is 0 Å². The molecule has 0 bridgehead atoms. The number of carbonyl (C=O) groups is 2. The maximum Gasteiger partial charge on any atom is 4.00 e. The van der Waals surface area contributed by atoms with Gasteiger partial charge in [0.05, 0.1) is 26.4 Å². The molecule has 0 aromatic rings. The third kappa shape index (κ3) is 134. The molecule has 4 atom stereocenters. The van der Waals surface area contributed by atoms with Gasteiger partial charge in [0.2, 0.25) is 0 Å². The number of hydrogen-bond acceptors (Lipinski definition) is 18. The fourth-order valence-electron chi connectivity index (χ4n) is 14.3. The topological polar surface area (TPSA) is 215 Å². The molecule has 4 N–H and O–H groups in total. The first-order chi connectivity index (χ1) is 59.1. The van der Waals surface area contributed by atoms with Crippen molar-refractivity contribution in [2.24, 2.45) is 11.5 Å². The first kappa shape index (κ1) is 137. The second-order valence-electron chi connectivity index (χ2n) is 34.6. The maximum atomic E-state index is 12.3. The molecule has 0 aliphatic carbocycles. The Labute approximate surface area is 818 Å². The standard InChI is InChI=1S/4C24H51O2PS2.C2H4N2O2.Mo/c4*1-3-5-7-9-11-13-15-17-19-21-23-26-27(25,28)29-24-22-20-18-16-14-12-10-8-6-4-2;3-1(5)2(4)6;/h4*3-24H2,1-2H3,(H,25,28);(H2,3,5)(H2,4,6);/q;;;;;+4/p-4. The van der Waals surface area contributed by atoms with Crippen molar-refractivity contribution in [2.45, 2.75) is 569 Å². The smallest absolute Gasteiger partial charge is 0.793 e. The van der Waals surface area contributed by atoms with Gasteiger partial charge in [0, 0.05) is 22.8 Å². The molecule has 4 unspecified atom stereocenters. The van der Waals surface area contributed by atoms with Crippen LogP contribution in [0.15, 0.2) is 0 Å². The molecule has 0 spiro atoms. The molecule has 0 fully saturated rings. The molecule has 0 saturated heterocycles. The molecule has 0 heterocycles. The van der Waals surface area contributed by atoms with E-state index in [1.54, 1.807) is 0 Å². The minimum atomic E-state index is -2.85. The van der Waals surface area contributed by atoms with Gasteiger partial charge in [-0.1, -0.05) is 565 Å². The molecular formula is C98H204MoN2O10P4S8. The predicted octanol–water partition coefficient (Wildman–Crippen LogP) is 34.6. The SMILES string of the molecule is CCCCCCCCCCCCOP([O-])(=S)SCCCCCCCCCCCC.CCCCCCCCCCCCOP([O-])(=S)SCCCCCCCCCCCC.CCCCCCCCCCCCOP([O-])(=S)SCCCCCCCCCCCC.CCCCCCCCCCCCOP([O-])(=S)SCCCCCCCCCCCC.NC(=O)C(N)=O.[Mo+4]. The van der Waals surface area contributed by atoms with E-state index >= 15 is 0 Å². The van der Waals surface area contributed by atoms with Gasteiger partial charge < -0.3 is 49.1 Å². The van der Waals surface area contributed by atoms with Crippen molar-refractivity contribution in [3.63, 3.8) is 0 Å². The monoisotopic (exact) mass is 2050 g/mol. The molecule has 0 radical (unpaired) electrons. The first-order valence-electron chi connectivity index (χ1n) is 52.1. The Balaban J connectivity index is -0.000000361. The van der Waals surface area contributed by atoms with Crippen LogP contribution in [0.4, 0.5) is 0 Å². The van der Waals surface area contributed by atoms with E-state index in [9.17, 15) is 29.2 Å². The summed E-state index contributed by atoms with van der Waals surface area (Å²) in [4.78, 5) is 68.1. The van der Waals surface area contributed by atoms with Crippen molar-refractivity contribution >= 4 is 127 Å². The van der Waals surface area contributed by atoms with Gasteiger partial charge in [0.25, 0.3) is 0 Å². The van der Waals surface area contributed by atoms with E-state index in [1.165, 1.54) is 508 Å². The van der Waals surface area contributed by atoms with Crippen LogP contribution in [-0.2, 0) is 96.0 Å². The molecule has 123 heavy (non-hydrogen) atoms. The van der Waals surface area contributed by atoms with E-state index < -0.39 is 34.6 Å².